The Morgan fingerprint density at radius 3 is 2.85 bits per heavy atom. The normalized spacial score (nSPS) is 15.9. The fraction of sp³-hybridized carbons (Fsp3) is 0.667. The Bertz CT molecular complexity index is 476. The highest BCUT2D eigenvalue weighted by molar-refractivity contribution is 5.72. The lowest BCUT2D eigenvalue weighted by Crippen LogP contribution is -2.30. The second-order valence-electron chi connectivity index (χ2n) is 5.49. The molecule has 1 aromatic heterocycles. The molecular formula is C15H23N3O2. The van der Waals surface area contributed by atoms with Crippen molar-refractivity contribution in [2.24, 2.45) is 5.92 Å². The summed E-state index contributed by atoms with van der Waals surface area (Å²) in [5.74, 6) is 0.617. The number of rotatable bonds is 4. The maximum Gasteiger partial charge on any atom is 0.310 e. The molecule has 110 valence electrons. The molecule has 0 fully saturated rings. The number of nitrogens with zero attached hydrogens (tertiary/aromatic N) is 3. The van der Waals surface area contributed by atoms with Crippen LogP contribution in [0.1, 0.15) is 37.4 Å². The summed E-state index contributed by atoms with van der Waals surface area (Å²) in [4.78, 5) is 22.4. The molecule has 0 N–H and O–H groups in total. The van der Waals surface area contributed by atoms with Crippen molar-refractivity contribution < 1.29 is 9.53 Å². The Labute approximate surface area is 120 Å². The SMILES string of the molecule is COC(=O)C(C)CN(C)c1ncnc2c1CCCCC2. The van der Waals surface area contributed by atoms with Crippen LogP contribution >= 0.6 is 0 Å². The zero-order valence-electron chi connectivity index (χ0n) is 12.6. The van der Waals surface area contributed by atoms with E-state index in [9.17, 15) is 4.79 Å². The minimum absolute atomic E-state index is 0.165. The molecule has 2 rings (SSSR count). The molecule has 0 amide bonds. The Hall–Kier alpha value is -1.65. The van der Waals surface area contributed by atoms with E-state index in [0.717, 1.165) is 18.7 Å². The van der Waals surface area contributed by atoms with E-state index < -0.39 is 0 Å². The fourth-order valence-corrected chi connectivity index (χ4v) is 2.78. The number of fused-ring (bicyclic) bond motifs is 1. The Morgan fingerprint density at radius 2 is 2.10 bits per heavy atom. The van der Waals surface area contributed by atoms with Crippen molar-refractivity contribution in [1.29, 1.82) is 0 Å². The minimum atomic E-state index is -0.183. The zero-order valence-corrected chi connectivity index (χ0v) is 12.6. The van der Waals surface area contributed by atoms with Gasteiger partial charge in [-0.1, -0.05) is 13.3 Å². The number of aromatic nitrogens is 2. The van der Waals surface area contributed by atoms with Gasteiger partial charge in [0, 0.05) is 24.8 Å². The van der Waals surface area contributed by atoms with Crippen LogP contribution < -0.4 is 4.90 Å². The van der Waals surface area contributed by atoms with Gasteiger partial charge in [0.15, 0.2) is 0 Å². The Kier molecular flexibility index (Phi) is 4.93. The lowest BCUT2D eigenvalue weighted by molar-refractivity contribution is -0.144. The van der Waals surface area contributed by atoms with E-state index in [0.29, 0.717) is 6.54 Å². The van der Waals surface area contributed by atoms with Crippen molar-refractivity contribution in [3.05, 3.63) is 17.6 Å². The highest BCUT2D eigenvalue weighted by atomic mass is 16.5. The Balaban J connectivity index is 2.17. The van der Waals surface area contributed by atoms with Gasteiger partial charge in [-0.2, -0.15) is 0 Å². The summed E-state index contributed by atoms with van der Waals surface area (Å²) >= 11 is 0. The van der Waals surface area contributed by atoms with Gasteiger partial charge in [0.25, 0.3) is 0 Å². The number of methoxy groups -OCH3 is 1. The number of ether oxygens (including phenoxy) is 1. The fourth-order valence-electron chi connectivity index (χ4n) is 2.78. The maximum atomic E-state index is 11.5. The summed E-state index contributed by atoms with van der Waals surface area (Å²) in [5, 5.41) is 0. The lowest BCUT2D eigenvalue weighted by atomic mass is 10.1. The topological polar surface area (TPSA) is 55.3 Å². The van der Waals surface area contributed by atoms with Crippen molar-refractivity contribution in [2.45, 2.75) is 39.0 Å². The highest BCUT2D eigenvalue weighted by Gasteiger charge is 2.20. The molecule has 20 heavy (non-hydrogen) atoms. The number of hydrogen-bond donors (Lipinski definition) is 0. The molecule has 1 atom stereocenters. The maximum absolute atomic E-state index is 11.5. The quantitative estimate of drug-likeness (QED) is 0.622. The third kappa shape index (κ3) is 3.26. The third-order valence-electron chi connectivity index (χ3n) is 3.87. The van der Waals surface area contributed by atoms with E-state index in [-0.39, 0.29) is 11.9 Å². The van der Waals surface area contributed by atoms with Crippen LogP contribution in [0.5, 0.6) is 0 Å². The first-order valence-corrected chi connectivity index (χ1v) is 7.25. The van der Waals surface area contributed by atoms with Crippen molar-refractivity contribution >= 4 is 11.8 Å². The van der Waals surface area contributed by atoms with E-state index in [2.05, 4.69) is 9.97 Å². The van der Waals surface area contributed by atoms with Crippen LogP contribution in [0.25, 0.3) is 0 Å². The molecule has 1 heterocycles. The highest BCUT2D eigenvalue weighted by Crippen LogP contribution is 2.26. The predicted molar refractivity (Wildman–Crippen MR) is 77.7 cm³/mol. The molecule has 5 nitrogen and oxygen atoms in total. The van der Waals surface area contributed by atoms with Crippen LogP contribution in [0.2, 0.25) is 0 Å². The van der Waals surface area contributed by atoms with Crippen molar-refractivity contribution in [2.75, 3.05) is 25.6 Å². The van der Waals surface area contributed by atoms with Crippen LogP contribution in [0.4, 0.5) is 5.82 Å². The van der Waals surface area contributed by atoms with Gasteiger partial charge in [-0.15, -0.1) is 0 Å². The van der Waals surface area contributed by atoms with Gasteiger partial charge in [0.2, 0.25) is 0 Å². The van der Waals surface area contributed by atoms with Crippen LogP contribution in [-0.4, -0.2) is 36.6 Å². The summed E-state index contributed by atoms with van der Waals surface area (Å²) < 4.78 is 4.78. The first kappa shape index (κ1) is 14.8. The third-order valence-corrected chi connectivity index (χ3v) is 3.87. The monoisotopic (exact) mass is 277 g/mol. The second-order valence-corrected chi connectivity index (χ2v) is 5.49. The van der Waals surface area contributed by atoms with E-state index in [1.807, 2.05) is 18.9 Å². The predicted octanol–water partition coefficient (Wildman–Crippen LogP) is 1.99. The van der Waals surface area contributed by atoms with Gasteiger partial charge in [-0.25, -0.2) is 9.97 Å². The number of anilines is 1. The first-order valence-electron chi connectivity index (χ1n) is 7.25. The summed E-state index contributed by atoms with van der Waals surface area (Å²) in [6, 6.07) is 0. The summed E-state index contributed by atoms with van der Waals surface area (Å²) in [6.07, 6.45) is 7.34. The molecule has 0 saturated heterocycles. The molecule has 5 heteroatoms. The zero-order chi connectivity index (χ0) is 14.5. The molecule has 0 bridgehead atoms. The molecule has 1 aromatic rings. The minimum Gasteiger partial charge on any atom is -0.469 e. The molecule has 0 spiro atoms. The standard InChI is InChI=1S/C15H23N3O2/c1-11(15(19)20-3)9-18(2)14-12-7-5-4-6-8-13(12)16-10-17-14/h10-11H,4-9H2,1-3H3. The van der Waals surface area contributed by atoms with E-state index in [4.69, 9.17) is 4.74 Å². The van der Waals surface area contributed by atoms with Gasteiger partial charge in [0.1, 0.15) is 12.1 Å². The summed E-state index contributed by atoms with van der Waals surface area (Å²) in [6.45, 7) is 2.48. The van der Waals surface area contributed by atoms with Crippen molar-refractivity contribution in [3.8, 4) is 0 Å². The van der Waals surface area contributed by atoms with Gasteiger partial charge < -0.3 is 9.64 Å². The van der Waals surface area contributed by atoms with Gasteiger partial charge in [-0.3, -0.25) is 4.79 Å². The Morgan fingerprint density at radius 1 is 1.35 bits per heavy atom. The number of esters is 1. The average molecular weight is 277 g/mol. The van der Waals surface area contributed by atoms with Gasteiger partial charge in [-0.05, 0) is 25.7 Å². The first-order chi connectivity index (χ1) is 9.63. The second kappa shape index (κ2) is 6.68. The van der Waals surface area contributed by atoms with Crippen LogP contribution in [0.15, 0.2) is 6.33 Å². The van der Waals surface area contributed by atoms with E-state index in [1.54, 1.807) is 6.33 Å². The molecule has 1 aliphatic carbocycles. The molecule has 0 radical (unpaired) electrons. The van der Waals surface area contributed by atoms with Gasteiger partial charge >= 0.3 is 5.97 Å². The van der Waals surface area contributed by atoms with Crippen molar-refractivity contribution in [3.63, 3.8) is 0 Å². The molecule has 1 unspecified atom stereocenters. The number of aryl methyl sites for hydroxylation is 1. The smallest absolute Gasteiger partial charge is 0.310 e. The number of carbonyl (C=O) groups excluding carboxylic acids is 1. The molecule has 0 saturated carbocycles. The van der Waals surface area contributed by atoms with E-state index in [1.165, 1.54) is 37.6 Å². The molecule has 1 aliphatic rings. The van der Waals surface area contributed by atoms with Crippen LogP contribution in [0, 0.1) is 5.92 Å². The van der Waals surface area contributed by atoms with Crippen LogP contribution in [-0.2, 0) is 22.4 Å². The summed E-state index contributed by atoms with van der Waals surface area (Å²) in [5.41, 5.74) is 2.43. The average Bonchev–Trinajstić information content (AvgIpc) is 2.70. The molecule has 0 aromatic carbocycles. The van der Waals surface area contributed by atoms with Crippen LogP contribution in [0.3, 0.4) is 0 Å². The number of carbonyl (C=O) groups is 1. The summed E-state index contributed by atoms with van der Waals surface area (Å²) in [7, 11) is 3.41. The lowest BCUT2D eigenvalue weighted by Gasteiger charge is -2.24. The number of hydrogen-bond acceptors (Lipinski definition) is 5. The molecular weight excluding hydrogens is 254 g/mol. The largest absolute Gasteiger partial charge is 0.469 e. The van der Waals surface area contributed by atoms with Gasteiger partial charge in [0.05, 0.1) is 13.0 Å². The molecule has 0 aliphatic heterocycles. The van der Waals surface area contributed by atoms with E-state index >= 15 is 0 Å². The van der Waals surface area contributed by atoms with Crippen molar-refractivity contribution in [1.82, 2.24) is 9.97 Å².